The van der Waals surface area contributed by atoms with Gasteiger partial charge in [-0.3, -0.25) is 10.1 Å². The number of nitrogens with one attached hydrogen (secondary N) is 2. The van der Waals surface area contributed by atoms with Crippen LogP contribution in [-0.4, -0.2) is 36.3 Å². The molecule has 0 radical (unpaired) electrons. The smallest absolute Gasteiger partial charge is 0.269 e. The zero-order valence-electron chi connectivity index (χ0n) is 9.77. The predicted molar refractivity (Wildman–Crippen MR) is 66.3 cm³/mol. The van der Waals surface area contributed by atoms with Crippen LogP contribution >= 0.6 is 0 Å². The molecule has 0 heterocycles. The molecule has 1 rings (SSSR count). The van der Waals surface area contributed by atoms with Gasteiger partial charge in [-0.05, 0) is 18.6 Å². The lowest BCUT2D eigenvalue weighted by Crippen LogP contribution is -2.25. The Morgan fingerprint density at radius 1 is 1.35 bits per heavy atom. The zero-order chi connectivity index (χ0) is 12.7. The van der Waals surface area contributed by atoms with Crippen LogP contribution in [0, 0.1) is 17.0 Å². The third kappa shape index (κ3) is 4.38. The first kappa shape index (κ1) is 13.4. The molecular weight excluding hydrogens is 222 g/mol. The Labute approximate surface area is 99.8 Å². The van der Waals surface area contributed by atoms with Crippen molar-refractivity contribution in [3.05, 3.63) is 33.9 Å². The summed E-state index contributed by atoms with van der Waals surface area (Å²) >= 11 is 0. The van der Waals surface area contributed by atoms with Crippen molar-refractivity contribution in [1.29, 1.82) is 0 Å². The number of hydrogen-bond donors (Lipinski definition) is 3. The minimum Gasteiger partial charge on any atom is -0.395 e. The summed E-state index contributed by atoms with van der Waals surface area (Å²) in [4.78, 5) is 10.1. The zero-order valence-corrected chi connectivity index (χ0v) is 9.77. The number of aliphatic hydroxyl groups is 1. The van der Waals surface area contributed by atoms with Gasteiger partial charge in [-0.1, -0.05) is 0 Å². The maximum atomic E-state index is 10.5. The van der Waals surface area contributed by atoms with Gasteiger partial charge in [0.25, 0.3) is 5.69 Å². The Kier molecular flexibility index (Phi) is 5.38. The van der Waals surface area contributed by atoms with Crippen molar-refractivity contribution in [2.45, 2.75) is 6.92 Å². The van der Waals surface area contributed by atoms with Gasteiger partial charge in [0.1, 0.15) is 0 Å². The highest BCUT2D eigenvalue weighted by Gasteiger charge is 2.07. The van der Waals surface area contributed by atoms with Gasteiger partial charge >= 0.3 is 0 Å². The molecule has 0 unspecified atom stereocenters. The Morgan fingerprint density at radius 3 is 2.71 bits per heavy atom. The van der Waals surface area contributed by atoms with E-state index in [1.807, 2.05) is 6.92 Å². The normalized spacial score (nSPS) is 10.2. The first-order valence-electron chi connectivity index (χ1n) is 5.45. The third-order valence-corrected chi connectivity index (χ3v) is 2.33. The topological polar surface area (TPSA) is 87.4 Å². The second kappa shape index (κ2) is 6.82. The Bertz CT molecular complexity index is 382. The summed E-state index contributed by atoms with van der Waals surface area (Å²) in [5.41, 5.74) is 1.84. The summed E-state index contributed by atoms with van der Waals surface area (Å²) in [5.74, 6) is 0. The number of anilines is 1. The summed E-state index contributed by atoms with van der Waals surface area (Å²) in [6, 6.07) is 4.74. The molecule has 0 atom stereocenters. The maximum Gasteiger partial charge on any atom is 0.269 e. The van der Waals surface area contributed by atoms with Gasteiger partial charge < -0.3 is 15.7 Å². The van der Waals surface area contributed by atoms with Crippen molar-refractivity contribution in [3.63, 3.8) is 0 Å². The lowest BCUT2D eigenvalue weighted by Gasteiger charge is -2.09. The Hall–Kier alpha value is -1.66. The molecule has 0 aromatic heterocycles. The second-order valence-corrected chi connectivity index (χ2v) is 3.66. The Balaban J connectivity index is 2.46. The fourth-order valence-corrected chi connectivity index (χ4v) is 1.45. The van der Waals surface area contributed by atoms with Crippen molar-refractivity contribution in [2.24, 2.45) is 0 Å². The number of aliphatic hydroxyl groups excluding tert-OH is 1. The summed E-state index contributed by atoms with van der Waals surface area (Å²) in [6.45, 7) is 3.96. The van der Waals surface area contributed by atoms with Crippen molar-refractivity contribution < 1.29 is 10.0 Å². The largest absolute Gasteiger partial charge is 0.395 e. The minimum absolute atomic E-state index is 0.103. The van der Waals surface area contributed by atoms with Crippen LogP contribution in [-0.2, 0) is 0 Å². The monoisotopic (exact) mass is 239 g/mol. The first-order valence-corrected chi connectivity index (χ1v) is 5.45. The molecule has 0 aliphatic carbocycles. The Morgan fingerprint density at radius 2 is 2.12 bits per heavy atom. The molecule has 17 heavy (non-hydrogen) atoms. The lowest BCUT2D eigenvalue weighted by molar-refractivity contribution is -0.384. The molecule has 1 aromatic carbocycles. The number of non-ortho nitro benzene ring substituents is 1. The molecule has 6 heteroatoms. The molecule has 3 N–H and O–H groups in total. The second-order valence-electron chi connectivity index (χ2n) is 3.66. The number of nitro benzene ring substituents is 1. The van der Waals surface area contributed by atoms with Crippen LogP contribution in [0.5, 0.6) is 0 Å². The molecule has 94 valence electrons. The van der Waals surface area contributed by atoms with Gasteiger partial charge in [0, 0.05) is 37.5 Å². The van der Waals surface area contributed by atoms with Crippen LogP contribution in [0.4, 0.5) is 11.4 Å². The van der Waals surface area contributed by atoms with E-state index in [1.54, 1.807) is 12.1 Å². The van der Waals surface area contributed by atoms with Gasteiger partial charge in [-0.15, -0.1) is 0 Å². The SMILES string of the molecule is Cc1cc([N+](=O)[O-])ccc1NCCNCCO. The molecule has 0 saturated heterocycles. The lowest BCUT2D eigenvalue weighted by atomic mass is 10.2. The van der Waals surface area contributed by atoms with E-state index >= 15 is 0 Å². The van der Waals surface area contributed by atoms with E-state index in [2.05, 4.69) is 10.6 Å². The number of benzene rings is 1. The summed E-state index contributed by atoms with van der Waals surface area (Å²) in [6.07, 6.45) is 0. The number of aryl methyl sites for hydroxylation is 1. The molecule has 6 nitrogen and oxygen atoms in total. The number of nitro groups is 1. The van der Waals surface area contributed by atoms with Gasteiger partial charge in [-0.2, -0.15) is 0 Å². The highest BCUT2D eigenvalue weighted by Crippen LogP contribution is 2.20. The molecule has 0 saturated carbocycles. The van der Waals surface area contributed by atoms with Crippen LogP contribution in [0.15, 0.2) is 18.2 Å². The summed E-state index contributed by atoms with van der Waals surface area (Å²) < 4.78 is 0. The average molecular weight is 239 g/mol. The van der Waals surface area contributed by atoms with Crippen LogP contribution in [0.25, 0.3) is 0 Å². The number of nitrogens with zero attached hydrogens (tertiary/aromatic N) is 1. The minimum atomic E-state index is -0.403. The fraction of sp³-hybridized carbons (Fsp3) is 0.455. The van der Waals surface area contributed by atoms with E-state index in [1.165, 1.54) is 6.07 Å². The van der Waals surface area contributed by atoms with E-state index in [0.29, 0.717) is 13.1 Å². The first-order chi connectivity index (χ1) is 8.15. The molecule has 0 aliphatic heterocycles. The maximum absolute atomic E-state index is 10.5. The number of rotatable bonds is 7. The van der Waals surface area contributed by atoms with E-state index in [-0.39, 0.29) is 12.3 Å². The van der Waals surface area contributed by atoms with Gasteiger partial charge in [0.2, 0.25) is 0 Å². The van der Waals surface area contributed by atoms with E-state index < -0.39 is 4.92 Å². The van der Waals surface area contributed by atoms with Gasteiger partial charge in [0.05, 0.1) is 11.5 Å². The molecular formula is C11H17N3O3. The molecule has 0 fully saturated rings. The van der Waals surface area contributed by atoms with Crippen LogP contribution < -0.4 is 10.6 Å². The highest BCUT2D eigenvalue weighted by molar-refractivity contribution is 5.55. The van der Waals surface area contributed by atoms with E-state index in [4.69, 9.17) is 5.11 Å². The molecule has 0 amide bonds. The van der Waals surface area contributed by atoms with Crippen LogP contribution in [0.2, 0.25) is 0 Å². The van der Waals surface area contributed by atoms with Crippen molar-refractivity contribution in [1.82, 2.24) is 5.32 Å². The van der Waals surface area contributed by atoms with Crippen molar-refractivity contribution in [2.75, 3.05) is 31.6 Å². The van der Waals surface area contributed by atoms with Crippen LogP contribution in [0.3, 0.4) is 0 Å². The molecule has 0 bridgehead atoms. The van der Waals surface area contributed by atoms with E-state index in [0.717, 1.165) is 17.8 Å². The van der Waals surface area contributed by atoms with E-state index in [9.17, 15) is 10.1 Å². The predicted octanol–water partition coefficient (Wildman–Crippen LogP) is 0.897. The van der Waals surface area contributed by atoms with Crippen LogP contribution in [0.1, 0.15) is 5.56 Å². The van der Waals surface area contributed by atoms with Gasteiger partial charge in [0.15, 0.2) is 0 Å². The van der Waals surface area contributed by atoms with Gasteiger partial charge in [-0.25, -0.2) is 0 Å². The molecule has 0 spiro atoms. The standard InChI is InChI=1S/C11H17N3O3/c1-9-8-10(14(16)17)2-3-11(9)13-5-4-12-6-7-15/h2-3,8,12-13,15H,4-7H2,1H3. The average Bonchev–Trinajstić information content (AvgIpc) is 2.30. The van der Waals surface area contributed by atoms with Crippen molar-refractivity contribution >= 4 is 11.4 Å². The number of hydrogen-bond acceptors (Lipinski definition) is 5. The quantitative estimate of drug-likeness (QED) is 0.374. The molecule has 1 aromatic rings. The third-order valence-electron chi connectivity index (χ3n) is 2.33. The summed E-state index contributed by atoms with van der Waals surface area (Å²) in [7, 11) is 0. The summed E-state index contributed by atoms with van der Waals surface area (Å²) in [5, 5.41) is 25.3. The van der Waals surface area contributed by atoms with Crippen molar-refractivity contribution in [3.8, 4) is 0 Å². The highest BCUT2D eigenvalue weighted by atomic mass is 16.6. The fourth-order valence-electron chi connectivity index (χ4n) is 1.45. The molecule has 0 aliphatic rings.